The summed E-state index contributed by atoms with van der Waals surface area (Å²) in [4.78, 5) is 8.56. The highest BCUT2D eigenvalue weighted by molar-refractivity contribution is 6.31. The molecule has 0 aliphatic carbocycles. The molecular formula is C21H23ClN4O2. The maximum absolute atomic E-state index is 6.17. The van der Waals surface area contributed by atoms with E-state index >= 15 is 0 Å². The largest absolute Gasteiger partial charge is 0.497 e. The first-order valence-electron chi connectivity index (χ1n) is 8.89. The van der Waals surface area contributed by atoms with Gasteiger partial charge >= 0.3 is 0 Å². The summed E-state index contributed by atoms with van der Waals surface area (Å²) in [7, 11) is 3.28. The molecule has 3 aromatic rings. The molecule has 0 unspecified atom stereocenters. The van der Waals surface area contributed by atoms with Crippen molar-refractivity contribution in [3.8, 4) is 11.5 Å². The Hall–Kier alpha value is -2.99. The number of aromatic nitrogens is 2. The molecule has 0 amide bonds. The minimum Gasteiger partial charge on any atom is -0.497 e. The van der Waals surface area contributed by atoms with Crippen molar-refractivity contribution in [2.24, 2.45) is 0 Å². The molecule has 0 bridgehead atoms. The van der Waals surface area contributed by atoms with E-state index in [9.17, 15) is 0 Å². The fourth-order valence-electron chi connectivity index (χ4n) is 2.75. The van der Waals surface area contributed by atoms with E-state index in [1.54, 1.807) is 20.3 Å². The average Bonchev–Trinajstić information content (AvgIpc) is 2.71. The second-order valence-electron chi connectivity index (χ2n) is 6.24. The van der Waals surface area contributed by atoms with Gasteiger partial charge in [-0.25, -0.2) is 9.97 Å². The molecule has 0 radical (unpaired) electrons. The normalized spacial score (nSPS) is 10.4. The highest BCUT2D eigenvalue weighted by Gasteiger charge is 2.08. The molecular weight excluding hydrogens is 376 g/mol. The van der Waals surface area contributed by atoms with Gasteiger partial charge in [0.2, 0.25) is 0 Å². The first-order valence-corrected chi connectivity index (χ1v) is 9.27. The van der Waals surface area contributed by atoms with Crippen LogP contribution in [0, 0.1) is 6.92 Å². The number of rotatable bonds is 8. The van der Waals surface area contributed by atoms with Crippen molar-refractivity contribution in [3.05, 3.63) is 64.9 Å². The summed E-state index contributed by atoms with van der Waals surface area (Å²) in [5, 5.41) is 7.24. The second-order valence-corrected chi connectivity index (χ2v) is 6.65. The van der Waals surface area contributed by atoms with Crippen LogP contribution in [0.15, 0.2) is 48.8 Å². The zero-order valence-corrected chi connectivity index (χ0v) is 16.9. The molecule has 0 aliphatic rings. The van der Waals surface area contributed by atoms with Crippen LogP contribution in [0.4, 0.5) is 17.3 Å². The van der Waals surface area contributed by atoms with Crippen LogP contribution < -0.4 is 20.1 Å². The summed E-state index contributed by atoms with van der Waals surface area (Å²) in [5.74, 6) is 2.92. The third kappa shape index (κ3) is 5.04. The Balaban J connectivity index is 1.65. The Labute approximate surface area is 169 Å². The molecule has 6 nitrogen and oxygen atoms in total. The maximum Gasteiger partial charge on any atom is 0.143 e. The van der Waals surface area contributed by atoms with Crippen molar-refractivity contribution < 1.29 is 9.47 Å². The summed E-state index contributed by atoms with van der Waals surface area (Å²) < 4.78 is 10.7. The molecule has 1 heterocycles. The molecule has 0 aliphatic heterocycles. The third-order valence-corrected chi connectivity index (χ3v) is 4.67. The predicted molar refractivity (Wildman–Crippen MR) is 113 cm³/mol. The summed E-state index contributed by atoms with van der Waals surface area (Å²) >= 11 is 6.17. The van der Waals surface area contributed by atoms with Crippen LogP contribution in [0.3, 0.4) is 0 Å². The standard InChI is InChI=1S/C21H23ClN4O2/c1-14-9-18(19(28-3)11-17(14)22)26-21-12-20(24-13-25-21)23-8-7-15-5-4-6-16(10-15)27-2/h4-6,9-13H,7-8H2,1-3H3,(H2,23,24,25,26). The first kappa shape index (κ1) is 19.8. The smallest absolute Gasteiger partial charge is 0.143 e. The average molecular weight is 399 g/mol. The van der Waals surface area contributed by atoms with E-state index in [0.29, 0.717) is 16.6 Å². The zero-order chi connectivity index (χ0) is 19.9. The molecule has 0 fully saturated rings. The van der Waals surface area contributed by atoms with Crippen LogP contribution in [-0.2, 0) is 6.42 Å². The number of nitrogens with zero attached hydrogens (tertiary/aromatic N) is 2. The van der Waals surface area contributed by atoms with Gasteiger partial charge in [-0.2, -0.15) is 0 Å². The molecule has 2 N–H and O–H groups in total. The van der Waals surface area contributed by atoms with E-state index in [4.69, 9.17) is 21.1 Å². The topological polar surface area (TPSA) is 68.3 Å². The zero-order valence-electron chi connectivity index (χ0n) is 16.1. The monoisotopic (exact) mass is 398 g/mol. The first-order chi connectivity index (χ1) is 13.6. The van der Waals surface area contributed by atoms with Crippen molar-refractivity contribution in [1.82, 2.24) is 9.97 Å². The van der Waals surface area contributed by atoms with Gasteiger partial charge in [0, 0.05) is 23.7 Å². The van der Waals surface area contributed by atoms with Gasteiger partial charge in [-0.1, -0.05) is 23.7 Å². The van der Waals surface area contributed by atoms with Crippen LogP contribution in [-0.4, -0.2) is 30.7 Å². The number of hydrogen-bond donors (Lipinski definition) is 2. The lowest BCUT2D eigenvalue weighted by Crippen LogP contribution is -2.07. The molecule has 0 spiro atoms. The molecule has 7 heteroatoms. The highest BCUT2D eigenvalue weighted by atomic mass is 35.5. The van der Waals surface area contributed by atoms with Crippen LogP contribution >= 0.6 is 11.6 Å². The number of nitrogens with one attached hydrogen (secondary N) is 2. The van der Waals surface area contributed by atoms with Gasteiger partial charge in [-0.15, -0.1) is 0 Å². The van der Waals surface area contributed by atoms with Crippen molar-refractivity contribution in [2.75, 3.05) is 31.4 Å². The highest BCUT2D eigenvalue weighted by Crippen LogP contribution is 2.32. The minimum absolute atomic E-state index is 0.654. The Morgan fingerprint density at radius 1 is 1.00 bits per heavy atom. The fourth-order valence-corrected chi connectivity index (χ4v) is 2.91. The number of halogens is 1. The van der Waals surface area contributed by atoms with Gasteiger partial charge in [0.1, 0.15) is 29.5 Å². The summed E-state index contributed by atoms with van der Waals surface area (Å²) in [6.45, 7) is 2.69. The number of aryl methyl sites for hydroxylation is 1. The van der Waals surface area contributed by atoms with Gasteiger partial charge < -0.3 is 20.1 Å². The number of anilines is 3. The van der Waals surface area contributed by atoms with Gasteiger partial charge in [-0.05, 0) is 42.7 Å². The molecule has 28 heavy (non-hydrogen) atoms. The van der Waals surface area contributed by atoms with Crippen molar-refractivity contribution in [1.29, 1.82) is 0 Å². The molecule has 146 valence electrons. The van der Waals surface area contributed by atoms with Crippen LogP contribution in [0.1, 0.15) is 11.1 Å². The SMILES string of the molecule is COc1cccc(CCNc2cc(Nc3cc(C)c(Cl)cc3OC)ncn2)c1. The van der Waals surface area contributed by atoms with Crippen LogP contribution in [0.2, 0.25) is 5.02 Å². The van der Waals surface area contributed by atoms with E-state index in [1.165, 1.54) is 11.9 Å². The summed E-state index contributed by atoms with van der Waals surface area (Å²) in [6, 6.07) is 13.6. The molecule has 0 saturated heterocycles. The fraction of sp³-hybridized carbons (Fsp3) is 0.238. The number of benzene rings is 2. The lowest BCUT2D eigenvalue weighted by Gasteiger charge is -2.13. The number of methoxy groups -OCH3 is 2. The predicted octanol–water partition coefficient (Wildman–Crippen LogP) is 4.85. The Bertz CT molecular complexity index is 949. The van der Waals surface area contributed by atoms with Crippen molar-refractivity contribution in [3.63, 3.8) is 0 Å². The van der Waals surface area contributed by atoms with E-state index in [1.807, 2.05) is 37.3 Å². The third-order valence-electron chi connectivity index (χ3n) is 4.26. The van der Waals surface area contributed by atoms with E-state index in [-0.39, 0.29) is 0 Å². The Kier molecular flexibility index (Phi) is 6.55. The van der Waals surface area contributed by atoms with Crippen molar-refractivity contribution in [2.45, 2.75) is 13.3 Å². The lowest BCUT2D eigenvalue weighted by atomic mass is 10.1. The van der Waals surface area contributed by atoms with Gasteiger partial charge in [0.25, 0.3) is 0 Å². The molecule has 3 rings (SSSR count). The lowest BCUT2D eigenvalue weighted by molar-refractivity contribution is 0.414. The van der Waals surface area contributed by atoms with E-state index in [2.05, 4.69) is 26.7 Å². The van der Waals surface area contributed by atoms with Gasteiger partial charge in [0.15, 0.2) is 0 Å². The number of ether oxygens (including phenoxy) is 2. The Morgan fingerprint density at radius 2 is 1.82 bits per heavy atom. The van der Waals surface area contributed by atoms with Gasteiger partial charge in [0.05, 0.1) is 19.9 Å². The second kappa shape index (κ2) is 9.28. The Morgan fingerprint density at radius 3 is 2.61 bits per heavy atom. The molecule has 2 aromatic carbocycles. The van der Waals surface area contributed by atoms with Crippen LogP contribution in [0.5, 0.6) is 11.5 Å². The van der Waals surface area contributed by atoms with E-state index < -0.39 is 0 Å². The molecule has 1 aromatic heterocycles. The maximum atomic E-state index is 6.17. The van der Waals surface area contributed by atoms with Crippen molar-refractivity contribution >= 4 is 28.9 Å². The minimum atomic E-state index is 0.654. The molecule has 0 saturated carbocycles. The quantitative estimate of drug-likeness (QED) is 0.565. The summed E-state index contributed by atoms with van der Waals surface area (Å²) in [6.07, 6.45) is 2.37. The van der Waals surface area contributed by atoms with E-state index in [0.717, 1.165) is 35.8 Å². The van der Waals surface area contributed by atoms with Crippen LogP contribution in [0.25, 0.3) is 0 Å². The number of hydrogen-bond acceptors (Lipinski definition) is 6. The molecule has 0 atom stereocenters. The van der Waals surface area contributed by atoms with Gasteiger partial charge in [-0.3, -0.25) is 0 Å². The summed E-state index contributed by atoms with van der Waals surface area (Å²) in [5.41, 5.74) is 2.95.